The van der Waals surface area contributed by atoms with Crippen molar-refractivity contribution in [1.29, 1.82) is 0 Å². The summed E-state index contributed by atoms with van der Waals surface area (Å²) in [6, 6.07) is 0. The Balaban J connectivity index is 4.43. The smallest absolute Gasteiger partial charge is 0.0995 e. The van der Waals surface area contributed by atoms with Crippen LogP contribution in [0.4, 0.5) is 0 Å². The molecule has 0 saturated carbocycles. The van der Waals surface area contributed by atoms with Gasteiger partial charge in [0.1, 0.15) is 0 Å². The third-order valence-corrected chi connectivity index (χ3v) is 3.00. The molecule has 5 N–H and O–H groups in total. The normalized spacial score (nSPS) is 12.5. The summed E-state index contributed by atoms with van der Waals surface area (Å²) in [5, 5.41) is 46.0. The van der Waals surface area contributed by atoms with Crippen molar-refractivity contribution in [2.45, 2.75) is 0 Å². The zero-order chi connectivity index (χ0) is 14.8. The maximum absolute atomic E-state index is 9.30. The van der Waals surface area contributed by atoms with Crippen molar-refractivity contribution in [3.8, 4) is 0 Å². The van der Waals surface area contributed by atoms with Crippen molar-refractivity contribution in [2.75, 3.05) is 52.9 Å². The van der Waals surface area contributed by atoms with Gasteiger partial charge >= 0.3 is 0 Å². The van der Waals surface area contributed by atoms with Crippen LogP contribution in [0.1, 0.15) is 0 Å². The number of ether oxygens (including phenoxy) is 2. The van der Waals surface area contributed by atoms with Gasteiger partial charge in [-0.2, -0.15) is 0 Å². The molecule has 0 amide bonds. The van der Waals surface area contributed by atoms with E-state index < -0.39 is 30.7 Å². The molecule has 0 unspecified atom stereocenters. The standard InChI is InChI=1S/C12H24O7/c1-2-18-9-12(6-16,7-17)10-19-8-11(3-13,4-14)5-15/h2,13-17H,1,3-10H2. The molecule has 0 aliphatic rings. The molecule has 0 aromatic heterocycles. The minimum atomic E-state index is -1.14. The second-order valence-corrected chi connectivity index (χ2v) is 4.76. The first-order valence-corrected chi connectivity index (χ1v) is 5.92. The average molecular weight is 280 g/mol. The molecular formula is C12H24O7. The highest BCUT2D eigenvalue weighted by molar-refractivity contribution is 4.81. The molecule has 114 valence electrons. The van der Waals surface area contributed by atoms with Crippen LogP contribution >= 0.6 is 0 Å². The molecule has 0 saturated heterocycles. The number of hydrogen-bond acceptors (Lipinski definition) is 7. The summed E-state index contributed by atoms with van der Waals surface area (Å²) in [7, 11) is 0. The van der Waals surface area contributed by atoms with Gasteiger partial charge in [0, 0.05) is 0 Å². The van der Waals surface area contributed by atoms with Crippen LogP contribution in [0.15, 0.2) is 12.8 Å². The van der Waals surface area contributed by atoms with Gasteiger partial charge in [-0.1, -0.05) is 6.58 Å². The van der Waals surface area contributed by atoms with Gasteiger partial charge in [-0.3, -0.25) is 0 Å². The molecule has 0 aromatic rings. The lowest BCUT2D eigenvalue weighted by molar-refractivity contribution is -0.104. The summed E-state index contributed by atoms with van der Waals surface area (Å²) >= 11 is 0. The van der Waals surface area contributed by atoms with E-state index in [4.69, 9.17) is 24.8 Å². The zero-order valence-electron chi connectivity index (χ0n) is 11.0. The van der Waals surface area contributed by atoms with E-state index in [1.54, 1.807) is 0 Å². The SMILES string of the molecule is C=COCC(CO)(CO)COCC(CO)(CO)CO. The van der Waals surface area contributed by atoms with Crippen LogP contribution in [0, 0.1) is 10.8 Å². The lowest BCUT2D eigenvalue weighted by Crippen LogP contribution is -2.43. The summed E-state index contributed by atoms with van der Waals surface area (Å²) in [6.45, 7) is 1.21. The zero-order valence-corrected chi connectivity index (χ0v) is 11.0. The lowest BCUT2D eigenvalue weighted by atomic mass is 9.91. The fraction of sp³-hybridized carbons (Fsp3) is 0.833. The van der Waals surface area contributed by atoms with Crippen molar-refractivity contribution >= 4 is 0 Å². The fourth-order valence-corrected chi connectivity index (χ4v) is 1.28. The monoisotopic (exact) mass is 280 g/mol. The topological polar surface area (TPSA) is 120 Å². The molecule has 0 aromatic carbocycles. The highest BCUT2D eigenvalue weighted by atomic mass is 16.5. The molecule has 0 atom stereocenters. The Morgan fingerprint density at radius 2 is 1.16 bits per heavy atom. The minimum Gasteiger partial charge on any atom is -0.501 e. The van der Waals surface area contributed by atoms with E-state index in [9.17, 15) is 10.2 Å². The van der Waals surface area contributed by atoms with Crippen molar-refractivity contribution in [1.82, 2.24) is 0 Å². The van der Waals surface area contributed by atoms with Crippen LogP contribution in [-0.4, -0.2) is 78.4 Å². The molecule has 0 bridgehead atoms. The van der Waals surface area contributed by atoms with E-state index >= 15 is 0 Å². The predicted molar refractivity (Wildman–Crippen MR) is 67.3 cm³/mol. The largest absolute Gasteiger partial charge is 0.501 e. The molecule has 7 nitrogen and oxygen atoms in total. The van der Waals surface area contributed by atoms with Crippen LogP contribution in [0.3, 0.4) is 0 Å². The van der Waals surface area contributed by atoms with Crippen LogP contribution in [0.25, 0.3) is 0 Å². The first-order valence-electron chi connectivity index (χ1n) is 5.92. The molecule has 0 aliphatic carbocycles. The van der Waals surface area contributed by atoms with E-state index in [0.717, 1.165) is 0 Å². The molecule has 0 radical (unpaired) electrons. The van der Waals surface area contributed by atoms with Gasteiger partial charge in [0.05, 0.1) is 69.9 Å². The van der Waals surface area contributed by atoms with Crippen molar-refractivity contribution in [2.24, 2.45) is 10.8 Å². The van der Waals surface area contributed by atoms with Gasteiger partial charge in [-0.15, -0.1) is 0 Å². The fourth-order valence-electron chi connectivity index (χ4n) is 1.28. The van der Waals surface area contributed by atoms with Crippen LogP contribution < -0.4 is 0 Å². The van der Waals surface area contributed by atoms with E-state index in [1.165, 1.54) is 6.26 Å². The van der Waals surface area contributed by atoms with Gasteiger partial charge in [0.2, 0.25) is 0 Å². The van der Waals surface area contributed by atoms with E-state index in [-0.39, 0.29) is 33.0 Å². The lowest BCUT2D eigenvalue weighted by Gasteiger charge is -2.32. The highest BCUT2D eigenvalue weighted by Gasteiger charge is 2.33. The Morgan fingerprint density at radius 3 is 1.53 bits per heavy atom. The van der Waals surface area contributed by atoms with Gasteiger partial charge in [-0.25, -0.2) is 0 Å². The second-order valence-electron chi connectivity index (χ2n) is 4.76. The molecule has 19 heavy (non-hydrogen) atoms. The number of aliphatic hydroxyl groups excluding tert-OH is 5. The average Bonchev–Trinajstić information content (AvgIpc) is 2.48. The van der Waals surface area contributed by atoms with Crippen molar-refractivity contribution < 1.29 is 35.0 Å². The third kappa shape index (κ3) is 5.43. The number of hydrogen-bond donors (Lipinski definition) is 5. The quantitative estimate of drug-likeness (QED) is 0.265. The summed E-state index contributed by atoms with van der Waals surface area (Å²) in [6.07, 6.45) is 1.19. The molecule has 0 fully saturated rings. The Kier molecular flexibility index (Phi) is 8.90. The van der Waals surface area contributed by atoms with Crippen LogP contribution in [0.5, 0.6) is 0 Å². The first kappa shape index (κ1) is 18.3. The van der Waals surface area contributed by atoms with Crippen LogP contribution in [0.2, 0.25) is 0 Å². The van der Waals surface area contributed by atoms with Crippen LogP contribution in [-0.2, 0) is 9.47 Å². The molecule has 7 heteroatoms. The first-order chi connectivity index (χ1) is 9.07. The maximum atomic E-state index is 9.30. The summed E-state index contributed by atoms with van der Waals surface area (Å²) in [5.74, 6) is 0. The number of rotatable bonds is 12. The summed E-state index contributed by atoms with van der Waals surface area (Å²) in [4.78, 5) is 0. The molecule has 0 heterocycles. The molecular weight excluding hydrogens is 256 g/mol. The third-order valence-electron chi connectivity index (χ3n) is 3.00. The molecule has 0 spiro atoms. The number of aliphatic hydroxyl groups is 5. The Morgan fingerprint density at radius 1 is 0.737 bits per heavy atom. The van der Waals surface area contributed by atoms with Gasteiger partial charge in [-0.05, 0) is 0 Å². The van der Waals surface area contributed by atoms with Crippen molar-refractivity contribution in [3.63, 3.8) is 0 Å². The van der Waals surface area contributed by atoms with Crippen molar-refractivity contribution in [3.05, 3.63) is 12.8 Å². The molecule has 0 rings (SSSR count). The van der Waals surface area contributed by atoms with E-state index in [1.807, 2.05) is 0 Å². The Bertz CT molecular complexity index is 228. The maximum Gasteiger partial charge on any atom is 0.0995 e. The van der Waals surface area contributed by atoms with Gasteiger partial charge in [0.15, 0.2) is 0 Å². The second kappa shape index (κ2) is 9.24. The summed E-state index contributed by atoms with van der Waals surface area (Å²) < 4.78 is 10.3. The van der Waals surface area contributed by atoms with Gasteiger partial charge < -0.3 is 35.0 Å². The minimum absolute atomic E-state index is 0.0217. The predicted octanol–water partition coefficient (Wildman–Crippen LogP) is -1.90. The van der Waals surface area contributed by atoms with E-state index in [0.29, 0.717) is 0 Å². The Labute approximate surface area is 112 Å². The highest BCUT2D eigenvalue weighted by Crippen LogP contribution is 2.20. The molecule has 0 aliphatic heterocycles. The van der Waals surface area contributed by atoms with Gasteiger partial charge in [0.25, 0.3) is 0 Å². The van der Waals surface area contributed by atoms with E-state index in [2.05, 4.69) is 6.58 Å². The summed E-state index contributed by atoms with van der Waals surface area (Å²) in [5.41, 5.74) is -2.14. The Hall–Kier alpha value is -0.700.